The van der Waals surface area contributed by atoms with Crippen LogP contribution in [0.25, 0.3) is 115 Å². The summed E-state index contributed by atoms with van der Waals surface area (Å²) in [5.41, 5.74) is 2.01. The van der Waals surface area contributed by atoms with Gasteiger partial charge in [0.1, 0.15) is 11.2 Å². The highest BCUT2D eigenvalue weighted by molar-refractivity contribution is 7.25. The lowest BCUT2D eigenvalue weighted by molar-refractivity contribution is 0.669. The summed E-state index contributed by atoms with van der Waals surface area (Å²) in [5, 5.41) is 4.11. The number of aromatic nitrogens is 4. The van der Waals surface area contributed by atoms with Crippen LogP contribution in [0.2, 0.25) is 0 Å². The van der Waals surface area contributed by atoms with E-state index in [1.165, 1.54) is 0 Å². The molecule has 12 rings (SSSR count). The molecule has 0 amide bonds. The molecule has 5 nitrogen and oxygen atoms in total. The van der Waals surface area contributed by atoms with Gasteiger partial charge in [-0.25, -0.2) is 4.98 Å². The van der Waals surface area contributed by atoms with Gasteiger partial charge in [-0.15, -0.1) is 11.3 Å². The second-order valence-corrected chi connectivity index (χ2v) is 14.7. The molecule has 57 heavy (non-hydrogen) atoms. The molecule has 0 aliphatic heterocycles. The lowest BCUT2D eigenvalue weighted by atomic mass is 9.99. The molecular formula is C51H30N4OS. The Bertz CT molecular complexity index is 4120. The van der Waals surface area contributed by atoms with Crippen molar-refractivity contribution in [1.29, 1.82) is 0 Å². The Balaban J connectivity index is 1.20. The molecule has 0 atom stereocenters. The Morgan fingerprint density at radius 2 is 1.18 bits per heavy atom. The number of thiophene rings is 1. The Hall–Kier alpha value is -7.41. The molecule has 0 fully saturated rings. The molecule has 0 bridgehead atoms. The number of nitrogens with zero attached hydrogens (tertiary/aromatic N) is 4. The summed E-state index contributed by atoms with van der Waals surface area (Å²) in [4.78, 5) is 14.8. The molecule has 0 N–H and O–H groups in total. The summed E-state index contributed by atoms with van der Waals surface area (Å²) in [6.07, 6.45) is 0. The topological polar surface area (TPSA) is 56.7 Å². The zero-order chi connectivity index (χ0) is 46.2. The maximum absolute atomic E-state index is 9.73. The van der Waals surface area contributed by atoms with Gasteiger partial charge in [0.05, 0.1) is 24.7 Å². The van der Waals surface area contributed by atoms with Crippen molar-refractivity contribution < 1.29 is 18.1 Å². The van der Waals surface area contributed by atoms with Crippen LogP contribution in [0.4, 0.5) is 0 Å². The van der Waals surface area contributed by atoms with Crippen molar-refractivity contribution in [3.8, 4) is 51.0 Å². The number of hydrogen-bond donors (Lipinski definition) is 0. The molecule has 8 aromatic carbocycles. The monoisotopic (exact) mass is 756 g/mol. The van der Waals surface area contributed by atoms with Crippen molar-refractivity contribution in [3.05, 3.63) is 182 Å². The van der Waals surface area contributed by atoms with Crippen LogP contribution in [-0.4, -0.2) is 19.5 Å². The predicted octanol–water partition coefficient (Wildman–Crippen LogP) is 13.9. The third-order valence-corrected chi connectivity index (χ3v) is 11.4. The zero-order valence-electron chi connectivity index (χ0n) is 39.7. The van der Waals surface area contributed by atoms with Gasteiger partial charge in [0.2, 0.25) is 5.95 Å². The fraction of sp³-hybridized carbons (Fsp3) is 0. The first kappa shape index (κ1) is 23.5. The number of fused-ring (bicyclic) bond motifs is 9. The van der Waals surface area contributed by atoms with Gasteiger partial charge < -0.3 is 4.42 Å². The molecule has 0 saturated carbocycles. The summed E-state index contributed by atoms with van der Waals surface area (Å²) in [5.74, 6) is -0.499. The SMILES string of the molecule is [2H]c1c([2H])c(-c2ccccc2)c([2H])c(-c2nc(-c3c([2H])c([2H])c4c(oc5c([2H])c([2H])c([2H])c(-c6ccccc6)c54)c3[2H])nc(-n3c4ccccc4c4cc5c(cc43)sc3ccccc35)n2)c1[2H]. The van der Waals surface area contributed by atoms with Gasteiger partial charge in [0.15, 0.2) is 11.6 Å². The van der Waals surface area contributed by atoms with E-state index >= 15 is 0 Å². The van der Waals surface area contributed by atoms with Crippen LogP contribution < -0.4 is 0 Å². The van der Waals surface area contributed by atoms with Crippen LogP contribution in [-0.2, 0) is 0 Å². The van der Waals surface area contributed by atoms with E-state index in [9.17, 15) is 6.85 Å². The van der Waals surface area contributed by atoms with Gasteiger partial charge >= 0.3 is 0 Å². The molecular weight excluding hydrogens is 717 g/mol. The molecule has 4 heterocycles. The number of para-hydroxylation sites is 1. The third-order valence-electron chi connectivity index (χ3n) is 10.3. The van der Waals surface area contributed by atoms with E-state index in [0.29, 0.717) is 22.2 Å². The molecule has 4 aromatic heterocycles. The second-order valence-electron chi connectivity index (χ2n) is 13.6. The maximum Gasteiger partial charge on any atom is 0.238 e. The van der Waals surface area contributed by atoms with Crippen molar-refractivity contribution in [2.75, 3.05) is 0 Å². The van der Waals surface area contributed by atoms with Crippen molar-refractivity contribution >= 4 is 75.3 Å². The molecule has 0 spiro atoms. The highest BCUT2D eigenvalue weighted by Gasteiger charge is 2.21. The fourth-order valence-electron chi connectivity index (χ4n) is 7.68. The highest BCUT2D eigenvalue weighted by atomic mass is 32.1. The summed E-state index contributed by atoms with van der Waals surface area (Å²) in [6, 6.07) is 33.7. The molecule has 266 valence electrons. The summed E-state index contributed by atoms with van der Waals surface area (Å²) < 4.78 is 102. The summed E-state index contributed by atoms with van der Waals surface area (Å²) in [7, 11) is 0. The number of benzene rings is 8. The average Bonchev–Trinajstić information content (AvgIpc) is 4.02. The van der Waals surface area contributed by atoms with Crippen LogP contribution in [0.3, 0.4) is 0 Å². The quantitative estimate of drug-likeness (QED) is 0.175. The van der Waals surface area contributed by atoms with Crippen LogP contribution in [0, 0.1) is 0 Å². The zero-order valence-corrected chi connectivity index (χ0v) is 30.5. The van der Waals surface area contributed by atoms with Gasteiger partial charge in [0.25, 0.3) is 0 Å². The minimum Gasteiger partial charge on any atom is -0.456 e. The van der Waals surface area contributed by atoms with E-state index in [0.717, 1.165) is 30.9 Å². The van der Waals surface area contributed by atoms with E-state index in [4.69, 9.17) is 26.2 Å². The Morgan fingerprint density at radius 1 is 0.474 bits per heavy atom. The minimum absolute atomic E-state index is 0.000686. The summed E-state index contributed by atoms with van der Waals surface area (Å²) in [6.45, 7) is 0. The van der Waals surface area contributed by atoms with E-state index in [1.807, 2.05) is 41.0 Å². The van der Waals surface area contributed by atoms with Gasteiger partial charge in [-0.05, 0) is 70.7 Å². The van der Waals surface area contributed by atoms with Crippen molar-refractivity contribution in [2.45, 2.75) is 0 Å². The Labute approximate surface area is 344 Å². The first-order valence-corrected chi connectivity index (χ1v) is 19.0. The third kappa shape index (κ3) is 5.12. The van der Waals surface area contributed by atoms with Crippen molar-refractivity contribution in [2.24, 2.45) is 0 Å². The number of rotatable bonds is 5. The first-order valence-electron chi connectivity index (χ1n) is 23.2. The van der Waals surface area contributed by atoms with Gasteiger partial charge in [-0.1, -0.05) is 133 Å². The van der Waals surface area contributed by atoms with E-state index < -0.39 is 42.3 Å². The van der Waals surface area contributed by atoms with E-state index in [1.54, 1.807) is 72.0 Å². The fourth-order valence-corrected chi connectivity index (χ4v) is 8.80. The van der Waals surface area contributed by atoms with Gasteiger partial charge in [0, 0.05) is 52.8 Å². The standard InChI is InChI=1S/C51H30N4OS/c1-3-13-31(14-4-1)33-17-11-18-34(27-33)49-52-50(35-25-26-39-45(28-35)56-44-23-12-21-36(48(39)44)32-15-5-2-6-16-32)54-51(53-49)55-42-22-9-7-19-37(42)40-29-41-38-20-8-10-24-46(38)57-47(41)30-43(40)55/h1-30H/i11D,12D,17D,18D,21D,23D,25D,26D,27D,28D. The van der Waals surface area contributed by atoms with E-state index in [2.05, 4.69) is 24.3 Å². The largest absolute Gasteiger partial charge is 0.456 e. The van der Waals surface area contributed by atoms with Crippen LogP contribution >= 0.6 is 11.3 Å². The Morgan fingerprint density at radius 3 is 2.02 bits per heavy atom. The average molecular weight is 757 g/mol. The van der Waals surface area contributed by atoms with Crippen LogP contribution in [0.1, 0.15) is 13.7 Å². The molecule has 6 heteroatoms. The molecule has 12 aromatic rings. The van der Waals surface area contributed by atoms with Crippen LogP contribution in [0.15, 0.2) is 186 Å². The Kier molecular flexibility index (Phi) is 5.18. The first-order chi connectivity index (χ1) is 32.4. The smallest absolute Gasteiger partial charge is 0.238 e. The van der Waals surface area contributed by atoms with Gasteiger partial charge in [-0.3, -0.25) is 4.57 Å². The molecule has 0 aliphatic carbocycles. The minimum atomic E-state index is -0.480. The lowest BCUT2D eigenvalue weighted by Gasteiger charge is -2.12. The number of furan rings is 1. The maximum atomic E-state index is 9.73. The lowest BCUT2D eigenvalue weighted by Crippen LogP contribution is -2.06. The number of hydrogen-bond acceptors (Lipinski definition) is 5. The summed E-state index contributed by atoms with van der Waals surface area (Å²) >= 11 is 1.63. The van der Waals surface area contributed by atoms with Gasteiger partial charge in [-0.2, -0.15) is 9.97 Å². The van der Waals surface area contributed by atoms with Crippen LogP contribution in [0.5, 0.6) is 0 Å². The highest BCUT2D eigenvalue weighted by Crippen LogP contribution is 2.42. The normalized spacial score (nSPS) is 14.3. The van der Waals surface area contributed by atoms with Crippen molar-refractivity contribution in [3.63, 3.8) is 0 Å². The molecule has 0 aliphatic rings. The van der Waals surface area contributed by atoms with E-state index in [-0.39, 0.29) is 79.9 Å². The predicted molar refractivity (Wildman–Crippen MR) is 236 cm³/mol. The molecule has 0 saturated heterocycles. The molecule has 0 unspecified atom stereocenters. The molecule has 0 radical (unpaired) electrons. The van der Waals surface area contributed by atoms with Crippen molar-refractivity contribution in [1.82, 2.24) is 19.5 Å². The second kappa shape index (κ2) is 12.6.